The number of nitriles is 1. The minimum Gasteiger partial charge on any atom is -0.497 e. The number of nitrogens with zero attached hydrogens (tertiary/aromatic N) is 1. The highest BCUT2D eigenvalue weighted by Gasteiger charge is 2.41. The fourth-order valence-electron chi connectivity index (χ4n) is 3.29. The van der Waals surface area contributed by atoms with Gasteiger partial charge in [-0.3, -0.25) is 4.79 Å². The van der Waals surface area contributed by atoms with Crippen LogP contribution in [0.4, 0.5) is 0 Å². The maximum Gasteiger partial charge on any atom is 0.326 e. The first kappa shape index (κ1) is 16.3. The van der Waals surface area contributed by atoms with E-state index in [0.29, 0.717) is 12.8 Å². The van der Waals surface area contributed by atoms with E-state index in [2.05, 4.69) is 6.07 Å². The van der Waals surface area contributed by atoms with Gasteiger partial charge in [-0.25, -0.2) is 0 Å². The first-order valence-electron chi connectivity index (χ1n) is 8.32. The van der Waals surface area contributed by atoms with E-state index in [1.54, 1.807) is 7.11 Å². The number of benzene rings is 2. The molecular weight excluding hydrogens is 302 g/mol. The van der Waals surface area contributed by atoms with E-state index >= 15 is 0 Å². The van der Waals surface area contributed by atoms with Crippen molar-refractivity contribution in [2.75, 3.05) is 7.11 Å². The molecule has 1 aliphatic carbocycles. The smallest absolute Gasteiger partial charge is 0.326 e. The fourth-order valence-corrected chi connectivity index (χ4v) is 3.29. The number of rotatable bonds is 4. The van der Waals surface area contributed by atoms with Crippen molar-refractivity contribution in [3.05, 3.63) is 42.0 Å². The second-order valence-corrected chi connectivity index (χ2v) is 6.38. The van der Waals surface area contributed by atoms with Gasteiger partial charge in [0.05, 0.1) is 13.2 Å². The van der Waals surface area contributed by atoms with Crippen molar-refractivity contribution in [2.45, 2.75) is 38.7 Å². The van der Waals surface area contributed by atoms with Crippen LogP contribution in [0.1, 0.15) is 37.7 Å². The Bertz CT molecular complexity index is 785. The highest BCUT2D eigenvalue weighted by molar-refractivity contribution is 5.84. The van der Waals surface area contributed by atoms with Gasteiger partial charge in [-0.15, -0.1) is 0 Å². The van der Waals surface area contributed by atoms with Crippen molar-refractivity contribution in [2.24, 2.45) is 5.41 Å². The molecule has 3 rings (SSSR count). The summed E-state index contributed by atoms with van der Waals surface area (Å²) >= 11 is 0. The summed E-state index contributed by atoms with van der Waals surface area (Å²) in [6, 6.07) is 14.0. The van der Waals surface area contributed by atoms with Crippen LogP contribution in [0, 0.1) is 16.7 Å². The maximum absolute atomic E-state index is 12.4. The Morgan fingerprint density at radius 2 is 1.83 bits per heavy atom. The van der Waals surface area contributed by atoms with Gasteiger partial charge < -0.3 is 9.47 Å². The number of carbonyl (C=O) groups excluding carboxylic acids is 1. The van der Waals surface area contributed by atoms with E-state index in [4.69, 9.17) is 9.47 Å². The average Bonchev–Trinajstić information content (AvgIpc) is 2.65. The molecule has 24 heavy (non-hydrogen) atoms. The van der Waals surface area contributed by atoms with E-state index < -0.39 is 5.41 Å². The molecule has 0 aromatic heterocycles. The first-order chi connectivity index (χ1) is 11.7. The van der Waals surface area contributed by atoms with E-state index in [1.165, 1.54) is 0 Å². The Kier molecular flexibility index (Phi) is 4.71. The van der Waals surface area contributed by atoms with Crippen LogP contribution in [-0.4, -0.2) is 13.1 Å². The lowest BCUT2D eigenvalue weighted by Gasteiger charge is -2.28. The molecule has 0 amide bonds. The normalized spacial score (nSPS) is 16.3. The Balaban J connectivity index is 1.71. The Hall–Kier alpha value is -2.54. The molecule has 4 nitrogen and oxygen atoms in total. The molecule has 0 N–H and O–H groups in total. The molecule has 0 heterocycles. The van der Waals surface area contributed by atoms with Crippen molar-refractivity contribution in [3.63, 3.8) is 0 Å². The number of esters is 1. The largest absolute Gasteiger partial charge is 0.497 e. The maximum atomic E-state index is 12.4. The Labute approximate surface area is 142 Å². The SMILES string of the molecule is COc1ccc2cc(COC(=O)C3(C#N)CCCCC3)ccc2c1. The summed E-state index contributed by atoms with van der Waals surface area (Å²) in [6.45, 7) is 0.199. The highest BCUT2D eigenvalue weighted by Crippen LogP contribution is 2.37. The van der Waals surface area contributed by atoms with Crippen LogP contribution in [0.5, 0.6) is 5.75 Å². The molecule has 0 spiro atoms. The second kappa shape index (κ2) is 6.92. The summed E-state index contributed by atoms with van der Waals surface area (Å²) < 4.78 is 10.7. The van der Waals surface area contributed by atoms with Crippen LogP contribution >= 0.6 is 0 Å². The molecule has 0 bridgehead atoms. The quantitative estimate of drug-likeness (QED) is 0.784. The minimum absolute atomic E-state index is 0.199. The van der Waals surface area contributed by atoms with Gasteiger partial charge in [-0.1, -0.05) is 37.5 Å². The third-order valence-corrected chi connectivity index (χ3v) is 4.79. The number of hydrogen-bond donors (Lipinski definition) is 0. The van der Waals surface area contributed by atoms with Crippen molar-refractivity contribution in [1.29, 1.82) is 5.26 Å². The number of methoxy groups -OCH3 is 1. The summed E-state index contributed by atoms with van der Waals surface area (Å²) in [4.78, 5) is 12.4. The predicted octanol–water partition coefficient (Wildman–Crippen LogP) is 4.37. The second-order valence-electron chi connectivity index (χ2n) is 6.38. The summed E-state index contributed by atoms with van der Waals surface area (Å²) in [5, 5.41) is 11.6. The molecule has 0 saturated heterocycles. The Morgan fingerprint density at radius 1 is 1.12 bits per heavy atom. The van der Waals surface area contributed by atoms with Crippen molar-refractivity contribution in [3.8, 4) is 11.8 Å². The van der Waals surface area contributed by atoms with E-state index in [1.807, 2.05) is 36.4 Å². The van der Waals surface area contributed by atoms with Crippen LogP contribution < -0.4 is 4.74 Å². The molecule has 2 aromatic carbocycles. The van der Waals surface area contributed by atoms with Crippen LogP contribution in [-0.2, 0) is 16.1 Å². The summed E-state index contributed by atoms with van der Waals surface area (Å²) in [5.41, 5.74) is -0.0208. The van der Waals surface area contributed by atoms with Gasteiger partial charge in [0.25, 0.3) is 0 Å². The molecule has 0 radical (unpaired) electrons. The van der Waals surface area contributed by atoms with Crippen molar-refractivity contribution in [1.82, 2.24) is 0 Å². The minimum atomic E-state index is -0.942. The summed E-state index contributed by atoms with van der Waals surface area (Å²) in [7, 11) is 1.64. The lowest BCUT2D eigenvalue weighted by molar-refractivity contribution is -0.155. The lowest BCUT2D eigenvalue weighted by atomic mass is 9.75. The van der Waals surface area contributed by atoms with Gasteiger partial charge in [-0.2, -0.15) is 5.26 Å². The molecule has 1 aliphatic rings. The zero-order valence-electron chi connectivity index (χ0n) is 13.9. The zero-order chi connectivity index (χ0) is 17.0. The molecular formula is C20H21NO3. The summed E-state index contributed by atoms with van der Waals surface area (Å²) in [5.74, 6) is 0.439. The van der Waals surface area contributed by atoms with E-state index in [0.717, 1.165) is 41.3 Å². The van der Waals surface area contributed by atoms with Gasteiger partial charge in [-0.05, 0) is 47.4 Å². The average molecular weight is 323 g/mol. The lowest BCUT2D eigenvalue weighted by Crippen LogP contribution is -2.33. The van der Waals surface area contributed by atoms with Gasteiger partial charge in [0.2, 0.25) is 0 Å². The molecule has 0 atom stereocenters. The molecule has 4 heteroatoms. The number of fused-ring (bicyclic) bond motifs is 1. The van der Waals surface area contributed by atoms with E-state index in [-0.39, 0.29) is 12.6 Å². The van der Waals surface area contributed by atoms with Crippen LogP contribution in [0.3, 0.4) is 0 Å². The monoisotopic (exact) mass is 323 g/mol. The van der Waals surface area contributed by atoms with Gasteiger partial charge >= 0.3 is 5.97 Å². The third kappa shape index (κ3) is 3.21. The number of ether oxygens (including phenoxy) is 2. The van der Waals surface area contributed by atoms with Crippen LogP contribution in [0.25, 0.3) is 10.8 Å². The first-order valence-corrected chi connectivity index (χ1v) is 8.32. The molecule has 0 unspecified atom stereocenters. The third-order valence-electron chi connectivity index (χ3n) is 4.79. The van der Waals surface area contributed by atoms with Gasteiger partial charge in [0, 0.05) is 0 Å². The fraction of sp³-hybridized carbons (Fsp3) is 0.400. The van der Waals surface area contributed by atoms with Crippen molar-refractivity contribution >= 4 is 16.7 Å². The van der Waals surface area contributed by atoms with Gasteiger partial charge in [0.15, 0.2) is 5.41 Å². The van der Waals surface area contributed by atoms with Crippen molar-refractivity contribution < 1.29 is 14.3 Å². The Morgan fingerprint density at radius 3 is 2.54 bits per heavy atom. The van der Waals surface area contributed by atoms with Gasteiger partial charge in [0.1, 0.15) is 12.4 Å². The topological polar surface area (TPSA) is 59.3 Å². The van der Waals surface area contributed by atoms with E-state index in [9.17, 15) is 10.1 Å². The number of carbonyl (C=O) groups is 1. The van der Waals surface area contributed by atoms with Crippen LogP contribution in [0.15, 0.2) is 36.4 Å². The molecule has 1 saturated carbocycles. The van der Waals surface area contributed by atoms with Crippen LogP contribution in [0.2, 0.25) is 0 Å². The molecule has 0 aliphatic heterocycles. The number of hydrogen-bond acceptors (Lipinski definition) is 4. The molecule has 124 valence electrons. The highest BCUT2D eigenvalue weighted by atomic mass is 16.5. The molecule has 1 fully saturated rings. The zero-order valence-corrected chi connectivity index (χ0v) is 13.9. The molecule has 2 aromatic rings. The standard InChI is InChI=1S/C20H21NO3/c1-23-18-8-7-16-11-15(5-6-17(16)12-18)13-24-19(22)20(14-21)9-3-2-4-10-20/h5-8,11-12H,2-4,9-10,13H2,1H3. The summed E-state index contributed by atoms with van der Waals surface area (Å²) in [6.07, 6.45) is 4.14. The predicted molar refractivity (Wildman–Crippen MR) is 91.4 cm³/mol.